The fourth-order valence-electron chi connectivity index (χ4n) is 1.86. The molecule has 0 radical (unpaired) electrons. The number of benzene rings is 1. The topological polar surface area (TPSA) is 82.5 Å². The van der Waals surface area contributed by atoms with Gasteiger partial charge in [0.25, 0.3) is 5.91 Å². The Morgan fingerprint density at radius 1 is 1.27 bits per heavy atom. The van der Waals surface area contributed by atoms with Gasteiger partial charge in [-0.05, 0) is 23.8 Å². The molecule has 0 spiro atoms. The third kappa shape index (κ3) is 3.17. The van der Waals surface area contributed by atoms with Crippen LogP contribution in [0.2, 0.25) is 5.02 Å². The molecule has 3 amide bonds. The Morgan fingerprint density at radius 2 is 2.00 bits per heavy atom. The van der Waals surface area contributed by atoms with Crippen molar-refractivity contribution in [1.82, 2.24) is 15.2 Å². The second-order valence-electron chi connectivity index (χ2n) is 4.52. The standard InChI is InChI=1S/C15H14ClN3O3/c1-17-15(22)19(2)14(21)13-12(20)7-10(8-18-13)9-4-3-5-11(16)6-9/h3-8,20H,1-2H3,(H,17,22). The molecular formula is C15H14ClN3O3. The van der Waals surface area contributed by atoms with Gasteiger partial charge < -0.3 is 10.4 Å². The first-order valence-electron chi connectivity index (χ1n) is 6.38. The quantitative estimate of drug-likeness (QED) is 0.891. The van der Waals surface area contributed by atoms with Gasteiger partial charge in [-0.3, -0.25) is 9.69 Å². The second-order valence-corrected chi connectivity index (χ2v) is 4.96. The summed E-state index contributed by atoms with van der Waals surface area (Å²) in [7, 11) is 2.70. The van der Waals surface area contributed by atoms with Crippen LogP contribution in [0.15, 0.2) is 36.5 Å². The smallest absolute Gasteiger partial charge is 0.323 e. The summed E-state index contributed by atoms with van der Waals surface area (Å²) in [6.45, 7) is 0. The van der Waals surface area contributed by atoms with Crippen LogP contribution in [0.4, 0.5) is 4.79 Å². The average molecular weight is 320 g/mol. The number of amides is 3. The minimum atomic E-state index is -0.700. The number of aromatic hydroxyl groups is 1. The molecule has 1 heterocycles. The number of rotatable bonds is 2. The van der Waals surface area contributed by atoms with Crippen LogP contribution in [0.25, 0.3) is 11.1 Å². The van der Waals surface area contributed by atoms with Crippen LogP contribution in [-0.4, -0.2) is 41.0 Å². The lowest BCUT2D eigenvalue weighted by Crippen LogP contribution is -2.39. The Kier molecular flexibility index (Phi) is 4.62. The predicted molar refractivity (Wildman–Crippen MR) is 82.9 cm³/mol. The van der Waals surface area contributed by atoms with E-state index < -0.39 is 11.9 Å². The van der Waals surface area contributed by atoms with Gasteiger partial charge in [0.15, 0.2) is 5.69 Å². The second kappa shape index (κ2) is 6.44. The van der Waals surface area contributed by atoms with Crippen molar-refractivity contribution in [2.45, 2.75) is 0 Å². The zero-order chi connectivity index (χ0) is 16.3. The van der Waals surface area contributed by atoms with Crippen LogP contribution >= 0.6 is 11.6 Å². The van der Waals surface area contributed by atoms with E-state index in [2.05, 4.69) is 10.3 Å². The third-order valence-corrected chi connectivity index (χ3v) is 3.29. The Labute approximate surface area is 132 Å². The van der Waals surface area contributed by atoms with E-state index in [-0.39, 0.29) is 11.4 Å². The van der Waals surface area contributed by atoms with Crippen LogP contribution < -0.4 is 5.32 Å². The SMILES string of the molecule is CNC(=O)N(C)C(=O)c1ncc(-c2cccc(Cl)c2)cc1O. The van der Waals surface area contributed by atoms with Crippen LogP contribution in [0.1, 0.15) is 10.5 Å². The van der Waals surface area contributed by atoms with Gasteiger partial charge in [0.05, 0.1) is 0 Å². The van der Waals surface area contributed by atoms with Gasteiger partial charge in [0.1, 0.15) is 5.75 Å². The zero-order valence-electron chi connectivity index (χ0n) is 12.0. The molecule has 0 saturated carbocycles. The summed E-state index contributed by atoms with van der Waals surface area (Å²) in [4.78, 5) is 28.3. The molecule has 2 aromatic rings. The highest BCUT2D eigenvalue weighted by molar-refractivity contribution is 6.30. The molecule has 0 bridgehead atoms. The van der Waals surface area contributed by atoms with E-state index in [0.29, 0.717) is 10.6 Å². The number of aromatic nitrogens is 1. The highest BCUT2D eigenvalue weighted by Crippen LogP contribution is 2.27. The monoisotopic (exact) mass is 319 g/mol. The molecular weight excluding hydrogens is 306 g/mol. The van der Waals surface area contributed by atoms with Crippen molar-refractivity contribution < 1.29 is 14.7 Å². The molecule has 2 N–H and O–H groups in total. The molecule has 0 aliphatic rings. The van der Waals surface area contributed by atoms with E-state index in [1.807, 2.05) is 0 Å². The summed E-state index contributed by atoms with van der Waals surface area (Å²) in [6, 6.07) is 7.84. The molecule has 1 aromatic heterocycles. The van der Waals surface area contributed by atoms with Crippen LogP contribution in [0.5, 0.6) is 5.75 Å². The maximum Gasteiger partial charge on any atom is 0.323 e. The van der Waals surface area contributed by atoms with Crippen molar-refractivity contribution >= 4 is 23.5 Å². The molecule has 6 nitrogen and oxygen atoms in total. The Hall–Kier alpha value is -2.60. The fourth-order valence-corrected chi connectivity index (χ4v) is 2.05. The number of imide groups is 1. The Bertz CT molecular complexity index is 734. The molecule has 0 aliphatic carbocycles. The average Bonchev–Trinajstić information content (AvgIpc) is 2.52. The summed E-state index contributed by atoms with van der Waals surface area (Å²) in [5, 5.41) is 12.9. The normalized spacial score (nSPS) is 10.1. The molecule has 1 aromatic carbocycles. The van der Waals surface area contributed by atoms with Gasteiger partial charge in [-0.15, -0.1) is 0 Å². The van der Waals surface area contributed by atoms with Crippen molar-refractivity contribution in [2.24, 2.45) is 0 Å². The summed E-state index contributed by atoms with van der Waals surface area (Å²) in [5.74, 6) is -1.01. The van der Waals surface area contributed by atoms with E-state index in [1.54, 1.807) is 24.3 Å². The fraction of sp³-hybridized carbons (Fsp3) is 0.133. The van der Waals surface area contributed by atoms with Gasteiger partial charge in [-0.2, -0.15) is 0 Å². The highest BCUT2D eigenvalue weighted by atomic mass is 35.5. The number of hydrogen-bond donors (Lipinski definition) is 2. The largest absolute Gasteiger partial charge is 0.505 e. The van der Waals surface area contributed by atoms with Crippen molar-refractivity contribution in [2.75, 3.05) is 14.1 Å². The lowest BCUT2D eigenvalue weighted by Gasteiger charge is -2.15. The number of pyridine rings is 1. The summed E-state index contributed by atoms with van der Waals surface area (Å²) < 4.78 is 0. The third-order valence-electron chi connectivity index (χ3n) is 3.05. The van der Waals surface area contributed by atoms with Gasteiger partial charge in [0.2, 0.25) is 0 Å². The minimum Gasteiger partial charge on any atom is -0.505 e. The van der Waals surface area contributed by atoms with Gasteiger partial charge in [-0.25, -0.2) is 9.78 Å². The molecule has 2 rings (SSSR count). The molecule has 0 aliphatic heterocycles. The summed E-state index contributed by atoms with van der Waals surface area (Å²) in [6.07, 6.45) is 1.44. The predicted octanol–water partition coefficient (Wildman–Crippen LogP) is 2.52. The summed E-state index contributed by atoms with van der Waals surface area (Å²) in [5.41, 5.74) is 1.17. The van der Waals surface area contributed by atoms with E-state index in [4.69, 9.17) is 11.6 Å². The number of carbonyl (C=O) groups is 2. The minimum absolute atomic E-state index is 0.197. The maximum atomic E-state index is 12.1. The molecule has 0 fully saturated rings. The van der Waals surface area contributed by atoms with Gasteiger partial charge in [0, 0.05) is 30.9 Å². The van der Waals surface area contributed by atoms with E-state index in [9.17, 15) is 14.7 Å². The molecule has 0 unspecified atom stereocenters. The molecule has 114 valence electrons. The van der Waals surface area contributed by atoms with E-state index in [0.717, 1.165) is 10.5 Å². The first kappa shape index (κ1) is 15.8. The van der Waals surface area contributed by atoms with E-state index >= 15 is 0 Å². The van der Waals surface area contributed by atoms with Crippen LogP contribution in [-0.2, 0) is 0 Å². The number of hydrogen-bond acceptors (Lipinski definition) is 4. The first-order chi connectivity index (χ1) is 10.4. The molecule has 0 saturated heterocycles. The molecule has 0 atom stereocenters. The Morgan fingerprint density at radius 3 is 2.59 bits per heavy atom. The van der Waals surface area contributed by atoms with Crippen molar-refractivity contribution in [3.8, 4) is 16.9 Å². The number of urea groups is 1. The first-order valence-corrected chi connectivity index (χ1v) is 6.76. The van der Waals surface area contributed by atoms with Crippen molar-refractivity contribution in [1.29, 1.82) is 0 Å². The molecule has 7 heteroatoms. The van der Waals surface area contributed by atoms with Crippen LogP contribution in [0.3, 0.4) is 0 Å². The number of nitrogens with zero attached hydrogens (tertiary/aromatic N) is 2. The van der Waals surface area contributed by atoms with Crippen molar-refractivity contribution in [3.63, 3.8) is 0 Å². The Balaban J connectivity index is 2.34. The van der Waals surface area contributed by atoms with Gasteiger partial charge >= 0.3 is 6.03 Å². The van der Waals surface area contributed by atoms with E-state index in [1.165, 1.54) is 26.4 Å². The lowest BCUT2D eigenvalue weighted by molar-refractivity contribution is 0.0824. The number of halogens is 1. The highest BCUT2D eigenvalue weighted by Gasteiger charge is 2.22. The number of carbonyl (C=O) groups excluding carboxylic acids is 2. The lowest BCUT2D eigenvalue weighted by atomic mass is 10.1. The molecule has 22 heavy (non-hydrogen) atoms. The summed E-state index contributed by atoms with van der Waals surface area (Å²) >= 11 is 5.92. The van der Waals surface area contributed by atoms with Gasteiger partial charge in [-0.1, -0.05) is 23.7 Å². The maximum absolute atomic E-state index is 12.1. The van der Waals surface area contributed by atoms with Crippen molar-refractivity contribution in [3.05, 3.63) is 47.2 Å². The van der Waals surface area contributed by atoms with Crippen LogP contribution in [0, 0.1) is 0 Å². The zero-order valence-corrected chi connectivity index (χ0v) is 12.8. The number of nitrogens with one attached hydrogen (secondary N) is 1.